The first-order valence-electron chi connectivity index (χ1n) is 6.06. The predicted octanol–water partition coefficient (Wildman–Crippen LogP) is -0.0625. The molecule has 1 aliphatic heterocycles. The highest BCUT2D eigenvalue weighted by molar-refractivity contribution is 7.80. The lowest BCUT2D eigenvalue weighted by atomic mass is 10.1. The molecule has 1 unspecified atom stereocenters. The zero-order valence-corrected chi connectivity index (χ0v) is 10.9. The minimum Gasteiger partial charge on any atom is -0.378 e. The molecule has 0 aromatic heterocycles. The lowest BCUT2D eigenvalue weighted by molar-refractivity contribution is -0.117. The number of ether oxygens (including phenoxy) is 1. The van der Waals surface area contributed by atoms with Crippen LogP contribution in [0, 0.1) is 0 Å². The Labute approximate surface area is 107 Å². The summed E-state index contributed by atoms with van der Waals surface area (Å²) >= 11 is 5.23. The molecule has 0 radical (unpaired) electrons. The molecule has 1 rings (SSSR count). The average molecular weight is 259 g/mol. The predicted molar refractivity (Wildman–Crippen MR) is 70.9 cm³/mol. The summed E-state index contributed by atoms with van der Waals surface area (Å²) in [5, 5.41) is 6.06. The Morgan fingerprint density at radius 3 is 2.88 bits per heavy atom. The molecule has 98 valence electrons. The summed E-state index contributed by atoms with van der Waals surface area (Å²) in [4.78, 5) is 11.3. The molecule has 0 aliphatic carbocycles. The van der Waals surface area contributed by atoms with Gasteiger partial charge < -0.3 is 21.1 Å². The van der Waals surface area contributed by atoms with Crippen molar-refractivity contribution in [1.82, 2.24) is 10.6 Å². The smallest absolute Gasteiger partial charge is 0.231 e. The van der Waals surface area contributed by atoms with Gasteiger partial charge >= 0.3 is 0 Å². The third-order valence-electron chi connectivity index (χ3n) is 2.61. The summed E-state index contributed by atoms with van der Waals surface area (Å²) in [6.07, 6.45) is 4.57. The third kappa shape index (κ3) is 7.25. The van der Waals surface area contributed by atoms with Crippen LogP contribution in [-0.4, -0.2) is 43.2 Å². The number of hydrogen-bond donors (Lipinski definition) is 3. The summed E-state index contributed by atoms with van der Waals surface area (Å²) in [6, 6.07) is 0. The van der Waals surface area contributed by atoms with Crippen LogP contribution in [0.4, 0.5) is 0 Å². The molecule has 1 fully saturated rings. The fourth-order valence-corrected chi connectivity index (χ4v) is 2.04. The van der Waals surface area contributed by atoms with Crippen molar-refractivity contribution in [1.29, 1.82) is 0 Å². The van der Waals surface area contributed by atoms with Gasteiger partial charge in [0, 0.05) is 26.1 Å². The topological polar surface area (TPSA) is 76.4 Å². The van der Waals surface area contributed by atoms with Crippen LogP contribution in [0.5, 0.6) is 0 Å². The SMILES string of the molecule is NC(=O)CNCCNC(=S)CC1CCCCO1. The Hall–Kier alpha value is -0.720. The molecule has 0 saturated carbocycles. The molecular weight excluding hydrogens is 238 g/mol. The van der Waals surface area contributed by atoms with E-state index in [-0.39, 0.29) is 18.6 Å². The maximum Gasteiger partial charge on any atom is 0.231 e. The number of primary amides is 1. The second-order valence-corrected chi connectivity index (χ2v) is 4.68. The molecule has 4 N–H and O–H groups in total. The second kappa shape index (κ2) is 8.38. The highest BCUT2D eigenvalue weighted by atomic mass is 32.1. The van der Waals surface area contributed by atoms with Gasteiger partial charge in [0.25, 0.3) is 0 Å². The number of rotatable bonds is 7. The van der Waals surface area contributed by atoms with Gasteiger partial charge in [-0.3, -0.25) is 4.79 Å². The summed E-state index contributed by atoms with van der Waals surface area (Å²) in [7, 11) is 0. The van der Waals surface area contributed by atoms with Crippen LogP contribution >= 0.6 is 12.2 Å². The number of thiocarbonyl (C=S) groups is 1. The normalized spacial score (nSPS) is 19.9. The molecule has 17 heavy (non-hydrogen) atoms. The van der Waals surface area contributed by atoms with Gasteiger partial charge in [0.15, 0.2) is 0 Å². The zero-order chi connectivity index (χ0) is 12.5. The Morgan fingerprint density at radius 2 is 2.24 bits per heavy atom. The van der Waals surface area contributed by atoms with Gasteiger partial charge in [-0.25, -0.2) is 0 Å². The largest absolute Gasteiger partial charge is 0.378 e. The molecule has 0 bridgehead atoms. The first-order chi connectivity index (χ1) is 8.18. The maximum absolute atomic E-state index is 10.5. The molecule has 0 spiro atoms. The van der Waals surface area contributed by atoms with E-state index in [2.05, 4.69) is 10.6 Å². The Bertz CT molecular complexity index is 255. The number of hydrogen-bond acceptors (Lipinski definition) is 4. The van der Waals surface area contributed by atoms with Crippen LogP contribution in [0.3, 0.4) is 0 Å². The van der Waals surface area contributed by atoms with E-state index in [1.807, 2.05) is 0 Å². The highest BCUT2D eigenvalue weighted by Crippen LogP contribution is 2.15. The van der Waals surface area contributed by atoms with Crippen molar-refractivity contribution in [3.8, 4) is 0 Å². The quantitative estimate of drug-likeness (QED) is 0.441. The number of carbonyl (C=O) groups excluding carboxylic acids is 1. The fourth-order valence-electron chi connectivity index (χ4n) is 1.75. The number of carbonyl (C=O) groups is 1. The monoisotopic (exact) mass is 259 g/mol. The lowest BCUT2D eigenvalue weighted by Gasteiger charge is -2.23. The lowest BCUT2D eigenvalue weighted by Crippen LogP contribution is -2.36. The van der Waals surface area contributed by atoms with Gasteiger partial charge in [0.1, 0.15) is 0 Å². The van der Waals surface area contributed by atoms with E-state index in [1.54, 1.807) is 0 Å². The molecule has 0 aromatic carbocycles. The van der Waals surface area contributed by atoms with Crippen molar-refractivity contribution in [2.45, 2.75) is 31.8 Å². The molecule has 1 atom stereocenters. The van der Waals surface area contributed by atoms with Gasteiger partial charge in [-0.05, 0) is 19.3 Å². The number of nitrogens with one attached hydrogen (secondary N) is 2. The third-order valence-corrected chi connectivity index (χ3v) is 2.92. The first-order valence-corrected chi connectivity index (χ1v) is 6.46. The van der Waals surface area contributed by atoms with E-state index < -0.39 is 0 Å². The molecular formula is C11H21N3O2S. The summed E-state index contributed by atoms with van der Waals surface area (Å²) in [5.74, 6) is -0.344. The van der Waals surface area contributed by atoms with Gasteiger partial charge in [-0.2, -0.15) is 0 Å². The molecule has 1 heterocycles. The fraction of sp³-hybridized carbons (Fsp3) is 0.818. The van der Waals surface area contributed by atoms with Gasteiger partial charge in [0.2, 0.25) is 5.91 Å². The summed E-state index contributed by atoms with van der Waals surface area (Å²) < 4.78 is 5.60. The maximum atomic E-state index is 10.5. The standard InChI is InChI=1S/C11H21N3O2S/c12-10(15)8-13-4-5-14-11(17)7-9-3-1-2-6-16-9/h9,13H,1-8H2,(H2,12,15)(H,14,17). The Morgan fingerprint density at radius 1 is 1.41 bits per heavy atom. The second-order valence-electron chi connectivity index (χ2n) is 4.19. The Balaban J connectivity index is 1.98. The molecule has 0 aromatic rings. The molecule has 1 aliphatic rings. The van der Waals surface area contributed by atoms with Crippen LogP contribution in [-0.2, 0) is 9.53 Å². The molecule has 1 saturated heterocycles. The molecule has 1 amide bonds. The van der Waals surface area contributed by atoms with Crippen LogP contribution in [0.25, 0.3) is 0 Å². The number of amides is 1. The van der Waals surface area contributed by atoms with Crippen LogP contribution in [0.1, 0.15) is 25.7 Å². The van der Waals surface area contributed by atoms with Crippen LogP contribution in [0.15, 0.2) is 0 Å². The first kappa shape index (κ1) is 14.3. The highest BCUT2D eigenvalue weighted by Gasteiger charge is 2.15. The minimum absolute atomic E-state index is 0.209. The van der Waals surface area contributed by atoms with Crippen molar-refractivity contribution >= 4 is 23.1 Å². The number of nitrogens with two attached hydrogens (primary N) is 1. The van der Waals surface area contributed by atoms with Gasteiger partial charge in [-0.15, -0.1) is 0 Å². The van der Waals surface area contributed by atoms with Crippen molar-refractivity contribution < 1.29 is 9.53 Å². The van der Waals surface area contributed by atoms with E-state index >= 15 is 0 Å². The van der Waals surface area contributed by atoms with E-state index in [9.17, 15) is 4.79 Å². The average Bonchev–Trinajstić information content (AvgIpc) is 2.29. The van der Waals surface area contributed by atoms with Gasteiger partial charge in [-0.1, -0.05) is 12.2 Å². The summed E-state index contributed by atoms with van der Waals surface area (Å²) in [6.45, 7) is 2.45. The van der Waals surface area contributed by atoms with Crippen LogP contribution < -0.4 is 16.4 Å². The zero-order valence-electron chi connectivity index (χ0n) is 10.0. The van der Waals surface area contributed by atoms with Crippen LogP contribution in [0.2, 0.25) is 0 Å². The van der Waals surface area contributed by atoms with Gasteiger partial charge in [0.05, 0.1) is 17.6 Å². The van der Waals surface area contributed by atoms with E-state index in [4.69, 9.17) is 22.7 Å². The summed E-state index contributed by atoms with van der Waals surface area (Å²) in [5.41, 5.74) is 4.99. The molecule has 6 heteroatoms. The van der Waals surface area contributed by atoms with Crippen molar-refractivity contribution in [3.63, 3.8) is 0 Å². The van der Waals surface area contributed by atoms with Crippen molar-refractivity contribution in [2.24, 2.45) is 5.73 Å². The minimum atomic E-state index is -0.344. The van der Waals surface area contributed by atoms with Crippen molar-refractivity contribution in [2.75, 3.05) is 26.2 Å². The van der Waals surface area contributed by atoms with E-state index in [1.165, 1.54) is 6.42 Å². The van der Waals surface area contributed by atoms with E-state index in [0.29, 0.717) is 13.1 Å². The molecule has 5 nitrogen and oxygen atoms in total. The van der Waals surface area contributed by atoms with E-state index in [0.717, 1.165) is 30.9 Å². The Kier molecular flexibility index (Phi) is 7.07. The van der Waals surface area contributed by atoms with Crippen molar-refractivity contribution in [3.05, 3.63) is 0 Å².